The molecule has 2 heterocycles. The van der Waals surface area contributed by atoms with Gasteiger partial charge in [-0.05, 0) is 48.5 Å². The lowest BCUT2D eigenvalue weighted by molar-refractivity contribution is 0.482. The molecule has 2 aromatic heterocycles. The topological polar surface area (TPSA) is 59.9 Å². The number of H-pyrrole nitrogens is 1. The summed E-state index contributed by atoms with van der Waals surface area (Å²) in [6.07, 6.45) is 1.67. The van der Waals surface area contributed by atoms with Crippen LogP contribution in [0.25, 0.3) is 16.9 Å². The molecule has 2 aromatic carbocycles. The first-order valence-corrected chi connectivity index (χ1v) is 7.20. The van der Waals surface area contributed by atoms with Gasteiger partial charge in [0.25, 0.3) is 0 Å². The Morgan fingerprint density at radius 3 is 2.39 bits per heavy atom. The molecule has 0 radical (unpaired) electrons. The van der Waals surface area contributed by atoms with Gasteiger partial charge in [0.2, 0.25) is 0 Å². The van der Waals surface area contributed by atoms with E-state index in [1.54, 1.807) is 16.8 Å². The second-order valence-corrected chi connectivity index (χ2v) is 5.05. The highest BCUT2D eigenvalue weighted by Crippen LogP contribution is 2.22. The molecule has 5 nitrogen and oxygen atoms in total. The Balaban J connectivity index is 1.70. The molecule has 0 amide bonds. The number of aromatic nitrogens is 3. The van der Waals surface area contributed by atoms with Crippen molar-refractivity contribution >= 4 is 11.2 Å². The normalized spacial score (nSPS) is 10.8. The summed E-state index contributed by atoms with van der Waals surface area (Å²) in [6, 6.07) is 20.5. The van der Waals surface area contributed by atoms with Crippen molar-refractivity contribution in [1.29, 1.82) is 0 Å². The highest BCUT2D eigenvalue weighted by atomic mass is 16.5. The Kier molecular flexibility index (Phi) is 3.16. The van der Waals surface area contributed by atoms with Crippen LogP contribution in [-0.2, 0) is 0 Å². The Labute approximate surface area is 131 Å². The van der Waals surface area contributed by atoms with E-state index in [9.17, 15) is 4.79 Å². The third kappa shape index (κ3) is 2.48. The predicted octanol–water partition coefficient (Wildman–Crippen LogP) is 3.51. The number of benzene rings is 2. The molecule has 0 unspecified atom stereocenters. The summed E-state index contributed by atoms with van der Waals surface area (Å²) in [5.41, 5.74) is 1.84. The van der Waals surface area contributed by atoms with Crippen LogP contribution in [-0.4, -0.2) is 14.5 Å². The predicted molar refractivity (Wildman–Crippen MR) is 88.2 cm³/mol. The molecule has 0 aliphatic rings. The van der Waals surface area contributed by atoms with Crippen molar-refractivity contribution in [1.82, 2.24) is 14.5 Å². The largest absolute Gasteiger partial charge is 0.457 e. The molecular weight excluding hydrogens is 290 g/mol. The minimum Gasteiger partial charge on any atom is -0.457 e. The fourth-order valence-corrected chi connectivity index (χ4v) is 2.47. The lowest BCUT2D eigenvalue weighted by Gasteiger charge is -2.07. The Morgan fingerprint density at radius 1 is 0.870 bits per heavy atom. The number of nitrogens with zero attached hydrogens (tertiary/aromatic N) is 2. The van der Waals surface area contributed by atoms with E-state index in [1.807, 2.05) is 60.7 Å². The van der Waals surface area contributed by atoms with E-state index in [-0.39, 0.29) is 5.69 Å². The molecule has 1 N–H and O–H groups in total. The van der Waals surface area contributed by atoms with Crippen molar-refractivity contribution in [3.63, 3.8) is 0 Å². The molecule has 0 saturated carbocycles. The van der Waals surface area contributed by atoms with Crippen molar-refractivity contribution in [3.8, 4) is 17.2 Å². The van der Waals surface area contributed by atoms with Gasteiger partial charge in [-0.3, -0.25) is 0 Å². The summed E-state index contributed by atoms with van der Waals surface area (Å²) in [6.45, 7) is 0. The summed E-state index contributed by atoms with van der Waals surface area (Å²) >= 11 is 0. The number of rotatable bonds is 3. The monoisotopic (exact) mass is 303 g/mol. The molecule has 0 aliphatic carbocycles. The van der Waals surface area contributed by atoms with Crippen molar-refractivity contribution in [2.24, 2.45) is 0 Å². The standard InChI is InChI=1S/C18H13N3O2/c22-18-20-16-7-4-12-19-17(16)21(18)13-8-10-15(11-9-13)23-14-5-2-1-3-6-14/h1-12H,(H,20,22). The van der Waals surface area contributed by atoms with Gasteiger partial charge in [0.05, 0.1) is 11.2 Å². The maximum absolute atomic E-state index is 12.2. The molecule has 4 aromatic rings. The van der Waals surface area contributed by atoms with Crippen molar-refractivity contribution in [2.75, 3.05) is 0 Å². The molecule has 0 atom stereocenters. The van der Waals surface area contributed by atoms with Gasteiger partial charge in [-0.2, -0.15) is 0 Å². The Bertz CT molecular complexity index is 1000. The lowest BCUT2D eigenvalue weighted by atomic mass is 10.3. The van der Waals surface area contributed by atoms with Crippen molar-refractivity contribution < 1.29 is 4.74 Å². The van der Waals surface area contributed by atoms with Gasteiger partial charge in [-0.15, -0.1) is 0 Å². The van der Waals surface area contributed by atoms with Crippen LogP contribution in [0.4, 0.5) is 0 Å². The van der Waals surface area contributed by atoms with E-state index in [1.165, 1.54) is 0 Å². The highest BCUT2D eigenvalue weighted by Gasteiger charge is 2.09. The average molecular weight is 303 g/mol. The summed E-state index contributed by atoms with van der Waals surface area (Å²) in [4.78, 5) is 19.2. The number of pyridine rings is 1. The molecule has 0 bridgehead atoms. The summed E-state index contributed by atoms with van der Waals surface area (Å²) in [7, 11) is 0. The molecular formula is C18H13N3O2. The molecule has 0 saturated heterocycles. The van der Waals surface area contributed by atoms with Crippen LogP contribution in [0, 0.1) is 0 Å². The molecule has 0 spiro atoms. The van der Waals surface area contributed by atoms with Crippen LogP contribution < -0.4 is 10.4 Å². The minimum atomic E-state index is -0.213. The fraction of sp³-hybridized carbons (Fsp3) is 0. The van der Waals surface area contributed by atoms with Crippen LogP contribution in [0.2, 0.25) is 0 Å². The third-order valence-corrected chi connectivity index (χ3v) is 3.52. The molecule has 0 aliphatic heterocycles. The first-order chi connectivity index (χ1) is 11.3. The second kappa shape index (κ2) is 5.46. The number of aromatic amines is 1. The maximum Gasteiger partial charge on any atom is 0.332 e. The van der Waals surface area contributed by atoms with Gasteiger partial charge >= 0.3 is 5.69 Å². The Morgan fingerprint density at radius 2 is 1.61 bits per heavy atom. The summed E-state index contributed by atoms with van der Waals surface area (Å²) in [5.74, 6) is 1.48. The second-order valence-electron chi connectivity index (χ2n) is 5.05. The molecule has 4 rings (SSSR count). The SMILES string of the molecule is O=c1[nH]c2cccnc2n1-c1ccc(Oc2ccccc2)cc1. The minimum absolute atomic E-state index is 0.213. The van der Waals surface area contributed by atoms with E-state index >= 15 is 0 Å². The van der Waals surface area contributed by atoms with Crippen molar-refractivity contribution in [2.45, 2.75) is 0 Å². The Hall–Kier alpha value is -3.34. The van der Waals surface area contributed by atoms with E-state index < -0.39 is 0 Å². The lowest BCUT2D eigenvalue weighted by Crippen LogP contribution is -2.14. The van der Waals surface area contributed by atoms with E-state index in [0.29, 0.717) is 16.9 Å². The number of hydrogen-bond acceptors (Lipinski definition) is 3. The zero-order chi connectivity index (χ0) is 15.6. The zero-order valence-electron chi connectivity index (χ0n) is 12.1. The van der Waals surface area contributed by atoms with E-state index in [4.69, 9.17) is 4.74 Å². The van der Waals surface area contributed by atoms with Crippen LogP contribution in [0.15, 0.2) is 77.7 Å². The molecule has 0 fully saturated rings. The molecule has 5 heteroatoms. The van der Waals surface area contributed by atoms with Gasteiger partial charge in [0.1, 0.15) is 11.5 Å². The molecule has 23 heavy (non-hydrogen) atoms. The number of para-hydroxylation sites is 1. The van der Waals surface area contributed by atoms with Gasteiger partial charge in [-0.1, -0.05) is 18.2 Å². The van der Waals surface area contributed by atoms with Gasteiger partial charge < -0.3 is 9.72 Å². The zero-order valence-corrected chi connectivity index (χ0v) is 12.1. The van der Waals surface area contributed by atoms with Gasteiger partial charge in [0.15, 0.2) is 5.65 Å². The number of hydrogen-bond donors (Lipinski definition) is 1. The van der Waals surface area contributed by atoms with Crippen LogP contribution in [0.3, 0.4) is 0 Å². The van der Waals surface area contributed by atoms with E-state index in [2.05, 4.69) is 9.97 Å². The number of nitrogens with one attached hydrogen (secondary N) is 1. The number of imidazole rings is 1. The first kappa shape index (κ1) is 13.3. The van der Waals surface area contributed by atoms with Crippen LogP contribution >= 0.6 is 0 Å². The van der Waals surface area contributed by atoms with Gasteiger partial charge in [-0.25, -0.2) is 14.3 Å². The maximum atomic E-state index is 12.2. The number of fused-ring (bicyclic) bond motifs is 1. The van der Waals surface area contributed by atoms with E-state index in [0.717, 1.165) is 11.4 Å². The fourth-order valence-electron chi connectivity index (χ4n) is 2.47. The van der Waals surface area contributed by atoms with Crippen LogP contribution in [0.5, 0.6) is 11.5 Å². The van der Waals surface area contributed by atoms with Crippen LogP contribution in [0.1, 0.15) is 0 Å². The first-order valence-electron chi connectivity index (χ1n) is 7.20. The average Bonchev–Trinajstić information content (AvgIpc) is 2.92. The quantitative estimate of drug-likeness (QED) is 0.630. The van der Waals surface area contributed by atoms with Gasteiger partial charge in [0, 0.05) is 6.20 Å². The third-order valence-electron chi connectivity index (χ3n) is 3.52. The summed E-state index contributed by atoms with van der Waals surface area (Å²) < 4.78 is 7.30. The highest BCUT2D eigenvalue weighted by molar-refractivity contribution is 5.72. The summed E-state index contributed by atoms with van der Waals surface area (Å²) in [5, 5.41) is 0. The molecule has 112 valence electrons. The smallest absolute Gasteiger partial charge is 0.332 e. The number of ether oxygens (including phenoxy) is 1. The van der Waals surface area contributed by atoms with Crippen molar-refractivity contribution in [3.05, 3.63) is 83.4 Å².